The van der Waals surface area contributed by atoms with Gasteiger partial charge in [0.2, 0.25) is 17.7 Å². The van der Waals surface area contributed by atoms with Crippen molar-refractivity contribution in [3.05, 3.63) is 47.9 Å². The Kier molecular flexibility index (Phi) is 12.9. The van der Waals surface area contributed by atoms with Crippen LogP contribution in [0.2, 0.25) is 0 Å². The standard InChI is InChI=1S/C27H38FN5O6/c1-17(2)24(26(37)39-3)33-27(38)30-16-23(35)32-21-9-4-5-14-29-22(34)13-12-20(31-25(21)36)15-18-7-6-8-19(28)11-10-18/h6-8,11-13,17,20-21,24H,4-5,9-10,14-16H2,1-3H3,(H,29,34)(H,31,36)(H,32,35)(H2,30,33,38)/b13-12+/t20-,21+,24?/m1/s1. The smallest absolute Gasteiger partial charge is 0.328 e. The maximum absolute atomic E-state index is 13.6. The maximum Gasteiger partial charge on any atom is 0.328 e. The van der Waals surface area contributed by atoms with Crippen molar-refractivity contribution in [3.63, 3.8) is 0 Å². The van der Waals surface area contributed by atoms with Crippen molar-refractivity contribution < 1.29 is 33.1 Å². The predicted molar refractivity (Wildman–Crippen MR) is 143 cm³/mol. The molecule has 214 valence electrons. The van der Waals surface area contributed by atoms with Crippen molar-refractivity contribution in [1.29, 1.82) is 0 Å². The quantitative estimate of drug-likeness (QED) is 0.290. The van der Waals surface area contributed by atoms with Gasteiger partial charge in [-0.3, -0.25) is 14.4 Å². The molecule has 1 heterocycles. The molecule has 2 aliphatic rings. The number of carbonyl (C=O) groups excluding carboxylic acids is 5. The van der Waals surface area contributed by atoms with Gasteiger partial charge >= 0.3 is 12.0 Å². The molecule has 0 bridgehead atoms. The molecular weight excluding hydrogens is 509 g/mol. The van der Waals surface area contributed by atoms with Crippen LogP contribution in [0.3, 0.4) is 0 Å². The summed E-state index contributed by atoms with van der Waals surface area (Å²) in [5, 5.41) is 13.2. The van der Waals surface area contributed by atoms with E-state index in [0.29, 0.717) is 38.6 Å². The normalized spacial score (nSPS) is 21.9. The Morgan fingerprint density at radius 3 is 2.67 bits per heavy atom. The first-order valence-electron chi connectivity index (χ1n) is 13.0. The summed E-state index contributed by atoms with van der Waals surface area (Å²) in [7, 11) is 1.22. The summed E-state index contributed by atoms with van der Waals surface area (Å²) < 4.78 is 18.2. The molecule has 0 radical (unpaired) electrons. The molecule has 0 saturated carbocycles. The van der Waals surface area contributed by atoms with Crippen molar-refractivity contribution in [2.45, 2.75) is 64.1 Å². The minimum atomic E-state index is -0.883. The summed E-state index contributed by atoms with van der Waals surface area (Å²) in [6.45, 7) is 3.47. The van der Waals surface area contributed by atoms with Crippen LogP contribution in [-0.4, -0.2) is 68.0 Å². The van der Waals surface area contributed by atoms with Gasteiger partial charge in [-0.1, -0.05) is 37.6 Å². The molecule has 1 unspecified atom stereocenters. The van der Waals surface area contributed by atoms with E-state index in [0.717, 1.165) is 5.57 Å². The fourth-order valence-electron chi connectivity index (χ4n) is 3.96. The largest absolute Gasteiger partial charge is 0.467 e. The number of hydrogen-bond acceptors (Lipinski definition) is 6. The van der Waals surface area contributed by atoms with Gasteiger partial charge in [0.05, 0.1) is 19.7 Å². The summed E-state index contributed by atoms with van der Waals surface area (Å²) >= 11 is 0. The molecular formula is C27H38FN5O6. The molecule has 0 aromatic heterocycles. The van der Waals surface area contributed by atoms with E-state index in [2.05, 4.69) is 31.3 Å². The number of carbonyl (C=O) groups is 5. The number of halogens is 1. The van der Waals surface area contributed by atoms with Crippen LogP contribution in [-0.2, 0) is 23.9 Å². The highest BCUT2D eigenvalue weighted by molar-refractivity contribution is 5.91. The summed E-state index contributed by atoms with van der Waals surface area (Å²) in [5.41, 5.74) is 0.851. The Balaban J connectivity index is 2.03. The van der Waals surface area contributed by atoms with Gasteiger partial charge in [-0.05, 0) is 50.2 Å². The van der Waals surface area contributed by atoms with Gasteiger partial charge in [0.15, 0.2) is 0 Å². The molecule has 5 amide bonds. The lowest BCUT2D eigenvalue weighted by molar-refractivity contribution is -0.144. The summed E-state index contributed by atoms with van der Waals surface area (Å²) in [6.07, 6.45) is 11.2. The number of esters is 1. The SMILES string of the molecule is COC(=O)C(NC(=O)NCC(=O)N[C@H]1CCCCNC(=O)/C=C/[C@H](CC2=CC=CC(F)=CC2)NC1=O)C(C)C. The number of rotatable bonds is 8. The molecule has 11 nitrogen and oxygen atoms in total. The molecule has 5 N–H and O–H groups in total. The lowest BCUT2D eigenvalue weighted by Gasteiger charge is -2.23. The lowest BCUT2D eigenvalue weighted by Crippen LogP contribution is -2.53. The third-order valence-corrected chi connectivity index (χ3v) is 6.12. The van der Waals surface area contributed by atoms with Crippen LogP contribution in [0.1, 0.15) is 46.0 Å². The number of urea groups is 1. The lowest BCUT2D eigenvalue weighted by atomic mass is 10.0. The molecule has 0 fully saturated rings. The summed E-state index contributed by atoms with van der Waals surface area (Å²) in [4.78, 5) is 61.9. The van der Waals surface area contributed by atoms with E-state index in [9.17, 15) is 28.4 Å². The van der Waals surface area contributed by atoms with Gasteiger partial charge in [0.1, 0.15) is 17.9 Å². The minimum Gasteiger partial charge on any atom is -0.467 e. The van der Waals surface area contributed by atoms with Crippen LogP contribution in [0.25, 0.3) is 0 Å². The van der Waals surface area contributed by atoms with Crippen LogP contribution in [0, 0.1) is 5.92 Å². The van der Waals surface area contributed by atoms with E-state index in [1.165, 1.54) is 25.3 Å². The van der Waals surface area contributed by atoms with Crippen LogP contribution < -0.4 is 26.6 Å². The van der Waals surface area contributed by atoms with Gasteiger partial charge < -0.3 is 31.3 Å². The van der Waals surface area contributed by atoms with E-state index < -0.39 is 48.5 Å². The van der Waals surface area contributed by atoms with Gasteiger partial charge in [0, 0.05) is 12.6 Å². The van der Waals surface area contributed by atoms with E-state index >= 15 is 0 Å². The molecule has 0 saturated heterocycles. The molecule has 3 atom stereocenters. The topological polar surface area (TPSA) is 155 Å². The first-order chi connectivity index (χ1) is 18.6. The van der Waals surface area contributed by atoms with E-state index in [4.69, 9.17) is 0 Å². The number of amides is 5. The van der Waals surface area contributed by atoms with Gasteiger partial charge in [-0.15, -0.1) is 0 Å². The van der Waals surface area contributed by atoms with E-state index in [1.54, 1.807) is 32.1 Å². The zero-order valence-corrected chi connectivity index (χ0v) is 22.6. The van der Waals surface area contributed by atoms with Gasteiger partial charge in [-0.2, -0.15) is 0 Å². The highest BCUT2D eigenvalue weighted by Gasteiger charge is 2.26. The van der Waals surface area contributed by atoms with Crippen LogP contribution in [0.15, 0.2) is 47.9 Å². The van der Waals surface area contributed by atoms with Crippen molar-refractivity contribution in [1.82, 2.24) is 26.6 Å². The highest BCUT2D eigenvalue weighted by Crippen LogP contribution is 2.18. The van der Waals surface area contributed by atoms with Crippen molar-refractivity contribution >= 4 is 29.7 Å². The Bertz CT molecular complexity index is 1030. The number of nitrogens with one attached hydrogen (secondary N) is 5. The third-order valence-electron chi connectivity index (χ3n) is 6.12. The zero-order chi connectivity index (χ0) is 28.8. The Labute approximate surface area is 227 Å². The first-order valence-corrected chi connectivity index (χ1v) is 13.0. The zero-order valence-electron chi connectivity index (χ0n) is 22.6. The number of ether oxygens (including phenoxy) is 1. The van der Waals surface area contributed by atoms with Crippen LogP contribution in [0.5, 0.6) is 0 Å². The predicted octanol–water partition coefficient (Wildman–Crippen LogP) is 1.44. The van der Waals surface area contributed by atoms with Crippen LogP contribution >= 0.6 is 0 Å². The third kappa shape index (κ3) is 11.5. The number of hydrogen-bond donors (Lipinski definition) is 5. The summed E-state index contributed by atoms with van der Waals surface area (Å²) in [6, 6.07) is -3.07. The van der Waals surface area contributed by atoms with Crippen molar-refractivity contribution in [2.24, 2.45) is 5.92 Å². The van der Waals surface area contributed by atoms with Crippen molar-refractivity contribution in [3.8, 4) is 0 Å². The Morgan fingerprint density at radius 2 is 1.95 bits per heavy atom. The Hall–Kier alpha value is -3.96. The van der Waals surface area contributed by atoms with Gasteiger partial charge in [0.25, 0.3) is 0 Å². The Morgan fingerprint density at radius 1 is 1.18 bits per heavy atom. The number of methoxy groups -OCH3 is 1. The van der Waals surface area contributed by atoms with E-state index in [-0.39, 0.29) is 17.7 Å². The second-order valence-electron chi connectivity index (χ2n) is 9.63. The molecule has 0 spiro atoms. The average Bonchev–Trinajstić information content (AvgIpc) is 3.10. The minimum absolute atomic E-state index is 0.233. The summed E-state index contributed by atoms with van der Waals surface area (Å²) in [5.74, 6) is -2.50. The monoisotopic (exact) mass is 547 g/mol. The van der Waals surface area contributed by atoms with Crippen LogP contribution in [0.4, 0.5) is 9.18 Å². The number of allylic oxidation sites excluding steroid dienone is 5. The second kappa shape index (κ2) is 16.1. The second-order valence-corrected chi connectivity index (χ2v) is 9.63. The first kappa shape index (κ1) is 31.3. The molecule has 39 heavy (non-hydrogen) atoms. The fourth-order valence-corrected chi connectivity index (χ4v) is 3.96. The molecule has 2 rings (SSSR count). The molecule has 0 aromatic carbocycles. The molecule has 1 aliphatic carbocycles. The molecule has 12 heteroatoms. The fraction of sp³-hybridized carbons (Fsp3) is 0.519. The van der Waals surface area contributed by atoms with Crippen molar-refractivity contribution in [2.75, 3.05) is 20.2 Å². The maximum atomic E-state index is 13.6. The molecule has 1 aliphatic heterocycles. The average molecular weight is 548 g/mol. The van der Waals surface area contributed by atoms with Gasteiger partial charge in [-0.25, -0.2) is 14.0 Å². The highest BCUT2D eigenvalue weighted by atomic mass is 19.1. The van der Waals surface area contributed by atoms with E-state index in [1.807, 2.05) is 0 Å². The molecule has 0 aromatic rings.